The van der Waals surface area contributed by atoms with Gasteiger partial charge in [-0.05, 0) is 24.3 Å². The Morgan fingerprint density at radius 1 is 1.31 bits per heavy atom. The molecule has 2 rings (SSSR count). The summed E-state index contributed by atoms with van der Waals surface area (Å²) in [5.41, 5.74) is 6.36. The lowest BCUT2D eigenvalue weighted by Gasteiger charge is -2.07. The van der Waals surface area contributed by atoms with Gasteiger partial charge in [-0.1, -0.05) is 11.6 Å². The van der Waals surface area contributed by atoms with Gasteiger partial charge < -0.3 is 10.5 Å². The zero-order chi connectivity index (χ0) is 11.5. The fourth-order valence-electron chi connectivity index (χ4n) is 1.35. The van der Waals surface area contributed by atoms with E-state index in [1.54, 1.807) is 37.6 Å². The number of hydrogen-bond acceptors (Lipinski definition) is 4. The van der Waals surface area contributed by atoms with Crippen molar-refractivity contribution >= 4 is 17.4 Å². The second kappa shape index (κ2) is 4.37. The van der Waals surface area contributed by atoms with Crippen molar-refractivity contribution < 1.29 is 4.74 Å². The van der Waals surface area contributed by atoms with Crippen LogP contribution in [-0.2, 0) is 0 Å². The predicted molar refractivity (Wildman–Crippen MR) is 63.4 cm³/mol. The summed E-state index contributed by atoms with van der Waals surface area (Å²) in [6, 6.07) is 6.90. The van der Waals surface area contributed by atoms with Crippen molar-refractivity contribution in [2.24, 2.45) is 0 Å². The van der Waals surface area contributed by atoms with Crippen molar-refractivity contribution in [2.75, 3.05) is 12.8 Å². The van der Waals surface area contributed by atoms with Crippen molar-refractivity contribution in [3.8, 4) is 17.1 Å². The van der Waals surface area contributed by atoms with E-state index < -0.39 is 0 Å². The maximum Gasteiger partial charge on any atom is 0.165 e. The summed E-state index contributed by atoms with van der Waals surface area (Å²) >= 11 is 5.87. The standard InChI is InChI=1S/C11H10ClN3O/c1-16-9-6-7(12)2-3-8(9)11-14-5-4-10(13)15-11/h2-6H,1H3,(H2,13,14,15). The molecule has 0 radical (unpaired) electrons. The van der Waals surface area contributed by atoms with Crippen LogP contribution in [0.5, 0.6) is 5.75 Å². The molecule has 0 fully saturated rings. The molecule has 0 saturated heterocycles. The highest BCUT2D eigenvalue weighted by Gasteiger charge is 2.09. The molecule has 2 aromatic rings. The number of halogens is 1. The summed E-state index contributed by atoms with van der Waals surface area (Å²) in [5.74, 6) is 1.56. The van der Waals surface area contributed by atoms with Gasteiger partial charge in [0.2, 0.25) is 0 Å². The van der Waals surface area contributed by atoms with Crippen LogP contribution in [0.4, 0.5) is 5.82 Å². The Bertz CT molecular complexity index is 516. The highest BCUT2D eigenvalue weighted by Crippen LogP contribution is 2.30. The molecular weight excluding hydrogens is 226 g/mol. The number of ether oxygens (including phenoxy) is 1. The molecule has 2 N–H and O–H groups in total. The van der Waals surface area contributed by atoms with Gasteiger partial charge in [0.15, 0.2) is 5.82 Å². The van der Waals surface area contributed by atoms with Crippen LogP contribution >= 0.6 is 11.6 Å². The van der Waals surface area contributed by atoms with Crippen molar-refractivity contribution in [3.05, 3.63) is 35.5 Å². The van der Waals surface area contributed by atoms with E-state index in [9.17, 15) is 0 Å². The third kappa shape index (κ3) is 2.06. The number of methoxy groups -OCH3 is 1. The van der Waals surface area contributed by atoms with Gasteiger partial charge in [0.1, 0.15) is 11.6 Å². The smallest absolute Gasteiger partial charge is 0.165 e. The average Bonchev–Trinajstić information content (AvgIpc) is 2.28. The van der Waals surface area contributed by atoms with Crippen LogP contribution in [0.1, 0.15) is 0 Å². The molecule has 4 nitrogen and oxygen atoms in total. The van der Waals surface area contributed by atoms with Gasteiger partial charge >= 0.3 is 0 Å². The van der Waals surface area contributed by atoms with Gasteiger partial charge in [-0.15, -0.1) is 0 Å². The lowest BCUT2D eigenvalue weighted by molar-refractivity contribution is 0.416. The summed E-state index contributed by atoms with van der Waals surface area (Å²) in [7, 11) is 1.57. The van der Waals surface area contributed by atoms with Crippen LogP contribution in [0.25, 0.3) is 11.4 Å². The zero-order valence-corrected chi connectivity index (χ0v) is 9.40. The number of nitrogens with zero attached hydrogens (tertiary/aromatic N) is 2. The fraction of sp³-hybridized carbons (Fsp3) is 0.0909. The molecule has 16 heavy (non-hydrogen) atoms. The molecule has 0 amide bonds. The summed E-state index contributed by atoms with van der Waals surface area (Å²) in [5, 5.41) is 0.601. The molecule has 0 aliphatic rings. The Kier molecular flexibility index (Phi) is 2.92. The van der Waals surface area contributed by atoms with Gasteiger partial charge in [-0.3, -0.25) is 0 Å². The molecule has 0 unspecified atom stereocenters. The summed E-state index contributed by atoms with van der Waals surface area (Å²) < 4.78 is 5.22. The minimum absolute atomic E-state index is 0.419. The molecule has 0 spiro atoms. The topological polar surface area (TPSA) is 61.0 Å². The van der Waals surface area contributed by atoms with Crippen LogP contribution < -0.4 is 10.5 Å². The second-order valence-electron chi connectivity index (χ2n) is 3.15. The maximum atomic E-state index is 5.87. The Morgan fingerprint density at radius 2 is 2.12 bits per heavy atom. The first-order chi connectivity index (χ1) is 7.70. The lowest BCUT2D eigenvalue weighted by Crippen LogP contribution is -1.96. The quantitative estimate of drug-likeness (QED) is 0.868. The monoisotopic (exact) mass is 235 g/mol. The molecule has 1 heterocycles. The summed E-state index contributed by atoms with van der Waals surface area (Å²) in [4.78, 5) is 8.26. The molecule has 0 saturated carbocycles. The fourth-order valence-corrected chi connectivity index (χ4v) is 1.51. The third-order valence-corrected chi connectivity index (χ3v) is 2.32. The Hall–Kier alpha value is -1.81. The van der Waals surface area contributed by atoms with E-state index in [1.165, 1.54) is 0 Å². The van der Waals surface area contributed by atoms with Gasteiger partial charge in [0, 0.05) is 11.2 Å². The predicted octanol–water partition coefficient (Wildman–Crippen LogP) is 2.39. The van der Waals surface area contributed by atoms with Crippen LogP contribution in [0.3, 0.4) is 0 Å². The molecule has 0 atom stereocenters. The maximum absolute atomic E-state index is 5.87. The Morgan fingerprint density at radius 3 is 2.81 bits per heavy atom. The first-order valence-electron chi connectivity index (χ1n) is 4.63. The summed E-state index contributed by atoms with van der Waals surface area (Å²) in [6.07, 6.45) is 1.60. The van der Waals surface area contributed by atoms with Crippen LogP contribution in [0.2, 0.25) is 5.02 Å². The number of aromatic nitrogens is 2. The summed E-state index contributed by atoms with van der Waals surface area (Å²) in [6.45, 7) is 0. The van der Waals surface area contributed by atoms with E-state index >= 15 is 0 Å². The van der Waals surface area contributed by atoms with Crippen LogP contribution in [0.15, 0.2) is 30.5 Å². The number of nitrogens with two attached hydrogens (primary N) is 1. The van der Waals surface area contributed by atoms with Gasteiger partial charge in [-0.2, -0.15) is 0 Å². The van der Waals surface area contributed by atoms with Gasteiger partial charge in [-0.25, -0.2) is 9.97 Å². The Labute approximate surface area is 98.0 Å². The normalized spacial score (nSPS) is 10.1. The second-order valence-corrected chi connectivity index (χ2v) is 3.59. The molecule has 82 valence electrons. The van der Waals surface area contributed by atoms with E-state index in [-0.39, 0.29) is 0 Å². The van der Waals surface area contributed by atoms with E-state index in [2.05, 4.69) is 9.97 Å². The van der Waals surface area contributed by atoms with E-state index in [0.717, 1.165) is 5.56 Å². The van der Waals surface area contributed by atoms with E-state index in [1.807, 2.05) is 0 Å². The van der Waals surface area contributed by atoms with Gasteiger partial charge in [0.25, 0.3) is 0 Å². The SMILES string of the molecule is COc1cc(Cl)ccc1-c1nccc(N)n1. The largest absolute Gasteiger partial charge is 0.496 e. The minimum atomic E-state index is 0.419. The Balaban J connectivity index is 2.55. The number of anilines is 1. The lowest BCUT2D eigenvalue weighted by atomic mass is 10.2. The number of rotatable bonds is 2. The van der Waals surface area contributed by atoms with Crippen molar-refractivity contribution in [3.63, 3.8) is 0 Å². The minimum Gasteiger partial charge on any atom is -0.496 e. The highest BCUT2D eigenvalue weighted by molar-refractivity contribution is 6.30. The first-order valence-corrected chi connectivity index (χ1v) is 5.01. The van der Waals surface area contributed by atoms with E-state index in [4.69, 9.17) is 22.1 Å². The zero-order valence-electron chi connectivity index (χ0n) is 8.64. The van der Waals surface area contributed by atoms with Crippen molar-refractivity contribution in [1.29, 1.82) is 0 Å². The van der Waals surface area contributed by atoms with E-state index in [0.29, 0.717) is 22.4 Å². The van der Waals surface area contributed by atoms with Crippen molar-refractivity contribution in [2.45, 2.75) is 0 Å². The van der Waals surface area contributed by atoms with Crippen LogP contribution in [0, 0.1) is 0 Å². The van der Waals surface area contributed by atoms with Crippen LogP contribution in [-0.4, -0.2) is 17.1 Å². The molecular formula is C11H10ClN3O. The molecule has 1 aromatic heterocycles. The molecule has 0 aliphatic heterocycles. The first kappa shape index (κ1) is 10.7. The molecule has 5 heteroatoms. The molecule has 0 aliphatic carbocycles. The third-order valence-electron chi connectivity index (χ3n) is 2.08. The number of nitrogen functional groups attached to an aromatic ring is 1. The number of hydrogen-bond donors (Lipinski definition) is 1. The molecule has 0 bridgehead atoms. The number of benzene rings is 1. The van der Waals surface area contributed by atoms with Gasteiger partial charge in [0.05, 0.1) is 12.7 Å². The average molecular weight is 236 g/mol. The molecule has 1 aromatic carbocycles. The highest BCUT2D eigenvalue weighted by atomic mass is 35.5. The van der Waals surface area contributed by atoms with Crippen molar-refractivity contribution in [1.82, 2.24) is 9.97 Å².